The van der Waals surface area contributed by atoms with Crippen LogP contribution in [-0.2, 0) is 6.18 Å². The first-order valence-electron chi connectivity index (χ1n) is 5.45. The van der Waals surface area contributed by atoms with Gasteiger partial charge in [-0.3, -0.25) is 14.9 Å². The van der Waals surface area contributed by atoms with Gasteiger partial charge in [-0.25, -0.2) is 0 Å². The molecule has 1 saturated carbocycles. The minimum absolute atomic E-state index is 0.0330. The second-order valence-corrected chi connectivity index (χ2v) is 4.23. The van der Waals surface area contributed by atoms with Gasteiger partial charge < -0.3 is 5.32 Å². The van der Waals surface area contributed by atoms with Crippen molar-refractivity contribution in [3.05, 3.63) is 39.4 Å². The van der Waals surface area contributed by atoms with Gasteiger partial charge in [0, 0.05) is 12.1 Å². The van der Waals surface area contributed by atoms with E-state index in [0.29, 0.717) is 12.1 Å². The number of nitrogens with one attached hydrogen (secondary N) is 1. The minimum atomic E-state index is -4.68. The van der Waals surface area contributed by atoms with Gasteiger partial charge in [0.2, 0.25) is 0 Å². The molecule has 0 atom stereocenters. The van der Waals surface area contributed by atoms with Gasteiger partial charge >= 0.3 is 6.18 Å². The fourth-order valence-corrected chi connectivity index (χ4v) is 1.54. The molecule has 1 N–H and O–H groups in total. The normalized spacial score (nSPS) is 15.1. The molecule has 0 aliphatic heterocycles. The Balaban J connectivity index is 2.37. The number of benzene rings is 1. The lowest BCUT2D eigenvalue weighted by Crippen LogP contribution is -2.26. The Kier molecular flexibility index (Phi) is 3.17. The fourth-order valence-electron chi connectivity index (χ4n) is 1.54. The number of nitro benzene ring substituents is 1. The van der Waals surface area contributed by atoms with Crippen LogP contribution in [0.1, 0.15) is 28.8 Å². The minimum Gasteiger partial charge on any atom is -0.349 e. The van der Waals surface area contributed by atoms with Crippen molar-refractivity contribution in [3.8, 4) is 0 Å². The van der Waals surface area contributed by atoms with E-state index < -0.39 is 28.3 Å². The van der Waals surface area contributed by atoms with Crippen LogP contribution in [0.2, 0.25) is 0 Å². The third-order valence-electron chi connectivity index (χ3n) is 2.68. The maximum absolute atomic E-state index is 12.5. The van der Waals surface area contributed by atoms with Crippen molar-refractivity contribution in [2.24, 2.45) is 0 Å². The van der Waals surface area contributed by atoms with E-state index in [2.05, 4.69) is 5.32 Å². The van der Waals surface area contributed by atoms with Crippen molar-refractivity contribution < 1.29 is 22.9 Å². The van der Waals surface area contributed by atoms with Crippen molar-refractivity contribution in [1.82, 2.24) is 5.32 Å². The lowest BCUT2D eigenvalue weighted by atomic mass is 10.1. The number of halogens is 3. The highest BCUT2D eigenvalue weighted by Crippen LogP contribution is 2.33. The molecule has 1 aliphatic carbocycles. The lowest BCUT2D eigenvalue weighted by molar-refractivity contribution is -0.385. The molecular weight excluding hydrogens is 265 g/mol. The van der Waals surface area contributed by atoms with E-state index in [-0.39, 0.29) is 11.6 Å². The Morgan fingerprint density at radius 1 is 1.37 bits per heavy atom. The first-order chi connectivity index (χ1) is 8.79. The summed E-state index contributed by atoms with van der Waals surface area (Å²) in [6.45, 7) is 0. The SMILES string of the molecule is O=C(NC1CC1)c1ccc(C(F)(F)F)cc1[N+](=O)[O-]. The van der Waals surface area contributed by atoms with E-state index in [1.54, 1.807) is 0 Å². The van der Waals surface area contributed by atoms with Crippen LogP contribution in [-0.4, -0.2) is 16.9 Å². The summed E-state index contributed by atoms with van der Waals surface area (Å²) in [7, 11) is 0. The average molecular weight is 274 g/mol. The Morgan fingerprint density at radius 3 is 2.47 bits per heavy atom. The summed E-state index contributed by atoms with van der Waals surface area (Å²) in [5.41, 5.74) is -2.35. The maximum Gasteiger partial charge on any atom is 0.416 e. The quantitative estimate of drug-likeness (QED) is 0.680. The van der Waals surface area contributed by atoms with Crippen molar-refractivity contribution in [3.63, 3.8) is 0 Å². The molecule has 0 unspecified atom stereocenters. The molecule has 2 rings (SSSR count). The Bertz CT molecular complexity index is 538. The van der Waals surface area contributed by atoms with Gasteiger partial charge in [-0.2, -0.15) is 13.2 Å². The zero-order valence-corrected chi connectivity index (χ0v) is 9.53. The number of carbonyl (C=O) groups is 1. The predicted molar refractivity (Wildman–Crippen MR) is 58.6 cm³/mol. The highest BCUT2D eigenvalue weighted by molar-refractivity contribution is 5.98. The first-order valence-corrected chi connectivity index (χ1v) is 5.45. The van der Waals surface area contributed by atoms with E-state index in [0.717, 1.165) is 18.9 Å². The highest BCUT2D eigenvalue weighted by Gasteiger charge is 2.34. The van der Waals surface area contributed by atoms with Crippen LogP contribution in [0.15, 0.2) is 18.2 Å². The number of carbonyl (C=O) groups excluding carboxylic acids is 1. The molecule has 1 aromatic carbocycles. The molecule has 0 saturated heterocycles. The molecule has 1 amide bonds. The zero-order chi connectivity index (χ0) is 14.2. The molecule has 1 fully saturated rings. The van der Waals surface area contributed by atoms with Crippen LogP contribution in [0, 0.1) is 10.1 Å². The number of amides is 1. The molecule has 0 heterocycles. The first kappa shape index (κ1) is 13.3. The van der Waals surface area contributed by atoms with Crippen molar-refractivity contribution >= 4 is 11.6 Å². The Labute approximate surface area is 105 Å². The van der Waals surface area contributed by atoms with Crippen LogP contribution in [0.5, 0.6) is 0 Å². The standard InChI is InChI=1S/C11H9F3N2O3/c12-11(13,14)6-1-4-8(9(5-6)16(18)19)10(17)15-7-2-3-7/h1,4-5,7H,2-3H2,(H,15,17). The van der Waals surface area contributed by atoms with Crippen LogP contribution in [0.25, 0.3) is 0 Å². The second-order valence-electron chi connectivity index (χ2n) is 4.23. The zero-order valence-electron chi connectivity index (χ0n) is 9.53. The summed E-state index contributed by atoms with van der Waals surface area (Å²) < 4.78 is 37.4. The largest absolute Gasteiger partial charge is 0.416 e. The summed E-state index contributed by atoms with van der Waals surface area (Å²) in [5.74, 6) is -0.720. The third kappa shape index (κ3) is 3.01. The molecule has 5 nitrogen and oxygen atoms in total. The molecule has 1 aliphatic rings. The van der Waals surface area contributed by atoms with Gasteiger partial charge in [0.05, 0.1) is 10.5 Å². The average Bonchev–Trinajstić information content (AvgIpc) is 3.10. The van der Waals surface area contributed by atoms with E-state index in [9.17, 15) is 28.1 Å². The molecule has 0 bridgehead atoms. The molecule has 0 aromatic heterocycles. The summed E-state index contributed by atoms with van der Waals surface area (Å²) in [6.07, 6.45) is -3.13. The summed E-state index contributed by atoms with van der Waals surface area (Å²) in [5, 5.41) is 13.3. The number of nitro groups is 1. The molecule has 0 radical (unpaired) electrons. The summed E-state index contributed by atoms with van der Waals surface area (Å²) in [6, 6.07) is 1.84. The number of nitrogens with zero attached hydrogens (tertiary/aromatic N) is 1. The third-order valence-corrected chi connectivity index (χ3v) is 2.68. The molecular formula is C11H9F3N2O3. The van der Waals surface area contributed by atoms with Crippen LogP contribution in [0.3, 0.4) is 0 Å². The van der Waals surface area contributed by atoms with Crippen molar-refractivity contribution in [1.29, 1.82) is 0 Å². The number of hydrogen-bond acceptors (Lipinski definition) is 3. The van der Waals surface area contributed by atoms with Crippen molar-refractivity contribution in [2.45, 2.75) is 25.1 Å². The maximum atomic E-state index is 12.5. The van der Waals surface area contributed by atoms with E-state index >= 15 is 0 Å². The summed E-state index contributed by atoms with van der Waals surface area (Å²) >= 11 is 0. The molecule has 8 heteroatoms. The molecule has 102 valence electrons. The van der Waals surface area contributed by atoms with E-state index in [4.69, 9.17) is 0 Å². The monoisotopic (exact) mass is 274 g/mol. The van der Waals surface area contributed by atoms with Gasteiger partial charge in [0.15, 0.2) is 0 Å². The Hall–Kier alpha value is -2.12. The highest BCUT2D eigenvalue weighted by atomic mass is 19.4. The number of rotatable bonds is 3. The van der Waals surface area contributed by atoms with Gasteiger partial charge in [0.1, 0.15) is 5.56 Å². The second kappa shape index (κ2) is 4.52. The Morgan fingerprint density at radius 2 is 2.00 bits per heavy atom. The molecule has 19 heavy (non-hydrogen) atoms. The van der Waals surface area contributed by atoms with Crippen molar-refractivity contribution in [2.75, 3.05) is 0 Å². The molecule has 0 spiro atoms. The number of alkyl halides is 3. The van der Waals surface area contributed by atoms with Crippen LogP contribution in [0.4, 0.5) is 18.9 Å². The topological polar surface area (TPSA) is 72.2 Å². The van der Waals surface area contributed by atoms with E-state index in [1.165, 1.54) is 0 Å². The van der Waals surface area contributed by atoms with Gasteiger partial charge in [-0.05, 0) is 25.0 Å². The fraction of sp³-hybridized carbons (Fsp3) is 0.364. The lowest BCUT2D eigenvalue weighted by Gasteiger charge is -2.09. The van der Waals surface area contributed by atoms with Crippen LogP contribution >= 0.6 is 0 Å². The van der Waals surface area contributed by atoms with Gasteiger partial charge in [-0.15, -0.1) is 0 Å². The smallest absolute Gasteiger partial charge is 0.349 e. The molecule has 1 aromatic rings. The van der Waals surface area contributed by atoms with Gasteiger partial charge in [-0.1, -0.05) is 0 Å². The van der Waals surface area contributed by atoms with Crippen LogP contribution < -0.4 is 5.32 Å². The number of hydrogen-bond donors (Lipinski definition) is 1. The van der Waals surface area contributed by atoms with Gasteiger partial charge in [0.25, 0.3) is 11.6 Å². The summed E-state index contributed by atoms with van der Waals surface area (Å²) in [4.78, 5) is 21.5. The predicted octanol–water partition coefficient (Wildman–Crippen LogP) is 2.51. The van der Waals surface area contributed by atoms with E-state index in [1.807, 2.05) is 0 Å².